The van der Waals surface area contributed by atoms with Crippen LogP contribution in [-0.4, -0.2) is 0 Å². The van der Waals surface area contributed by atoms with Crippen LogP contribution >= 0.6 is 34.8 Å². The van der Waals surface area contributed by atoms with Gasteiger partial charge in [0.1, 0.15) is 5.82 Å². The van der Waals surface area contributed by atoms with Crippen LogP contribution in [0.2, 0.25) is 15.1 Å². The molecule has 1 unspecified atom stereocenters. The van der Waals surface area contributed by atoms with E-state index in [1.165, 1.54) is 0 Å². The van der Waals surface area contributed by atoms with Crippen molar-refractivity contribution in [2.24, 2.45) is 0 Å². The number of halogens is 5. The second kappa shape index (κ2) is 6.82. The normalized spacial score (nSPS) is 12.3. The van der Waals surface area contributed by atoms with Crippen molar-refractivity contribution >= 4 is 40.5 Å². The summed E-state index contributed by atoms with van der Waals surface area (Å²) in [7, 11) is 0. The fourth-order valence-corrected chi connectivity index (χ4v) is 2.83. The molecule has 0 saturated heterocycles. The highest BCUT2D eigenvalue weighted by Gasteiger charge is 2.17. The molecule has 112 valence electrons. The minimum atomic E-state index is -0.747. The average molecular weight is 351 g/mol. The smallest absolute Gasteiger partial charge is 0.150 e. The molecule has 0 amide bonds. The van der Waals surface area contributed by atoms with Crippen molar-refractivity contribution in [1.82, 2.24) is 0 Å². The minimum absolute atomic E-state index is 0.0176. The van der Waals surface area contributed by atoms with Gasteiger partial charge in [0.25, 0.3) is 0 Å². The largest absolute Gasteiger partial charge is 0.375 e. The lowest BCUT2D eigenvalue weighted by Gasteiger charge is -2.21. The van der Waals surface area contributed by atoms with Crippen LogP contribution in [0.1, 0.15) is 24.9 Å². The fourth-order valence-electron chi connectivity index (χ4n) is 2.04. The fraction of sp³-hybridized carbons (Fsp3) is 0.200. The van der Waals surface area contributed by atoms with Gasteiger partial charge in [0, 0.05) is 16.1 Å². The summed E-state index contributed by atoms with van der Waals surface area (Å²) in [5.74, 6) is -1.47. The number of nitrogens with one attached hydrogen (secondary N) is 1. The van der Waals surface area contributed by atoms with E-state index in [2.05, 4.69) is 5.32 Å². The third-order valence-electron chi connectivity index (χ3n) is 3.07. The summed E-state index contributed by atoms with van der Waals surface area (Å²) in [6.07, 6.45) is 0.633. The molecular weight excluding hydrogens is 339 g/mol. The molecule has 0 aliphatic heterocycles. The van der Waals surface area contributed by atoms with Crippen LogP contribution in [-0.2, 0) is 0 Å². The highest BCUT2D eigenvalue weighted by atomic mass is 35.5. The third-order valence-corrected chi connectivity index (χ3v) is 3.93. The molecule has 0 aliphatic carbocycles. The Hall–Kier alpha value is -1.03. The molecule has 6 heteroatoms. The van der Waals surface area contributed by atoms with Gasteiger partial charge in [0.15, 0.2) is 5.82 Å². The van der Waals surface area contributed by atoms with Crippen LogP contribution in [0.3, 0.4) is 0 Å². The SMILES string of the molecule is CCC(Nc1c(F)cc(F)cc1Cl)c1ccc(Cl)cc1Cl. The minimum Gasteiger partial charge on any atom is -0.375 e. The monoisotopic (exact) mass is 349 g/mol. The topological polar surface area (TPSA) is 12.0 Å². The van der Waals surface area contributed by atoms with E-state index in [4.69, 9.17) is 34.8 Å². The Morgan fingerprint density at radius 3 is 2.33 bits per heavy atom. The van der Waals surface area contributed by atoms with Crippen molar-refractivity contribution in [3.63, 3.8) is 0 Å². The Bertz CT molecular complexity index is 638. The maximum atomic E-state index is 13.8. The Labute approximate surface area is 136 Å². The molecule has 1 nitrogen and oxygen atoms in total. The number of anilines is 1. The van der Waals surface area contributed by atoms with Crippen molar-refractivity contribution in [2.75, 3.05) is 5.32 Å². The molecular formula is C15H12Cl3F2N. The van der Waals surface area contributed by atoms with E-state index in [0.717, 1.165) is 17.7 Å². The van der Waals surface area contributed by atoms with Crippen molar-refractivity contribution in [1.29, 1.82) is 0 Å². The van der Waals surface area contributed by atoms with Gasteiger partial charge in [-0.2, -0.15) is 0 Å². The summed E-state index contributed by atoms with van der Waals surface area (Å²) in [5.41, 5.74) is 0.819. The predicted molar refractivity (Wildman–Crippen MR) is 84.5 cm³/mol. The van der Waals surface area contributed by atoms with Crippen LogP contribution in [0, 0.1) is 11.6 Å². The molecule has 0 bridgehead atoms. The van der Waals surface area contributed by atoms with Gasteiger partial charge in [-0.1, -0.05) is 47.8 Å². The van der Waals surface area contributed by atoms with Crippen LogP contribution in [0.4, 0.5) is 14.5 Å². The molecule has 0 aromatic heterocycles. The first-order valence-corrected chi connectivity index (χ1v) is 7.41. The van der Waals surface area contributed by atoms with Crippen LogP contribution < -0.4 is 5.32 Å². The molecule has 2 aromatic rings. The van der Waals surface area contributed by atoms with Gasteiger partial charge in [-0.25, -0.2) is 8.78 Å². The van der Waals surface area contributed by atoms with E-state index in [-0.39, 0.29) is 16.8 Å². The lowest BCUT2D eigenvalue weighted by molar-refractivity contribution is 0.582. The van der Waals surface area contributed by atoms with E-state index >= 15 is 0 Å². The lowest BCUT2D eigenvalue weighted by atomic mass is 10.0. The van der Waals surface area contributed by atoms with E-state index < -0.39 is 11.6 Å². The quantitative estimate of drug-likeness (QED) is 0.664. The summed E-state index contributed by atoms with van der Waals surface area (Å²) < 4.78 is 26.9. The maximum absolute atomic E-state index is 13.8. The number of benzene rings is 2. The summed E-state index contributed by atoms with van der Waals surface area (Å²) >= 11 is 17.9. The van der Waals surface area contributed by atoms with Gasteiger partial charge in [0.2, 0.25) is 0 Å². The second-order valence-electron chi connectivity index (χ2n) is 4.52. The molecule has 0 heterocycles. The van der Waals surface area contributed by atoms with Crippen molar-refractivity contribution in [2.45, 2.75) is 19.4 Å². The van der Waals surface area contributed by atoms with E-state index in [0.29, 0.717) is 16.5 Å². The zero-order chi connectivity index (χ0) is 15.6. The highest BCUT2D eigenvalue weighted by Crippen LogP contribution is 2.34. The molecule has 21 heavy (non-hydrogen) atoms. The summed E-state index contributed by atoms with van der Waals surface area (Å²) in [6.45, 7) is 1.91. The van der Waals surface area contributed by atoms with Crippen molar-refractivity contribution in [3.8, 4) is 0 Å². The van der Waals surface area contributed by atoms with Crippen molar-refractivity contribution in [3.05, 3.63) is 62.6 Å². The predicted octanol–water partition coefficient (Wildman–Crippen LogP) is 6.49. The Morgan fingerprint density at radius 2 is 1.76 bits per heavy atom. The van der Waals surface area contributed by atoms with Gasteiger partial charge in [-0.3, -0.25) is 0 Å². The van der Waals surface area contributed by atoms with Gasteiger partial charge >= 0.3 is 0 Å². The van der Waals surface area contributed by atoms with Crippen LogP contribution in [0.5, 0.6) is 0 Å². The molecule has 0 spiro atoms. The van der Waals surface area contributed by atoms with Gasteiger partial charge in [0.05, 0.1) is 16.8 Å². The number of hydrogen-bond donors (Lipinski definition) is 1. The summed E-state index contributed by atoms with van der Waals surface area (Å²) in [5, 5.41) is 3.94. The Kier molecular flexibility index (Phi) is 5.31. The van der Waals surface area contributed by atoms with Crippen LogP contribution in [0.15, 0.2) is 30.3 Å². The molecule has 0 saturated carbocycles. The highest BCUT2D eigenvalue weighted by molar-refractivity contribution is 6.35. The van der Waals surface area contributed by atoms with Crippen molar-refractivity contribution < 1.29 is 8.78 Å². The molecule has 1 atom stereocenters. The van der Waals surface area contributed by atoms with Gasteiger partial charge < -0.3 is 5.32 Å². The maximum Gasteiger partial charge on any atom is 0.150 e. The number of rotatable bonds is 4. The molecule has 1 N–H and O–H groups in total. The van der Waals surface area contributed by atoms with Crippen LogP contribution in [0.25, 0.3) is 0 Å². The Morgan fingerprint density at radius 1 is 1.05 bits per heavy atom. The molecule has 2 rings (SSSR count). The molecule has 0 aliphatic rings. The average Bonchev–Trinajstić information content (AvgIpc) is 2.39. The molecule has 0 radical (unpaired) electrons. The summed E-state index contributed by atoms with van der Waals surface area (Å²) in [6, 6.07) is 6.66. The standard InChI is InChI=1S/C15H12Cl3F2N/c1-2-14(10-4-3-8(16)5-11(10)17)21-15-12(18)6-9(19)7-13(15)20/h3-7,14,21H,2H2,1H3. The van der Waals surface area contributed by atoms with E-state index in [1.54, 1.807) is 18.2 Å². The molecule has 2 aromatic carbocycles. The first kappa shape index (κ1) is 16.3. The Balaban J connectivity index is 2.36. The van der Waals surface area contributed by atoms with Gasteiger partial charge in [-0.05, 0) is 30.2 Å². The van der Waals surface area contributed by atoms with E-state index in [1.807, 2.05) is 6.92 Å². The van der Waals surface area contributed by atoms with Gasteiger partial charge in [-0.15, -0.1) is 0 Å². The van der Waals surface area contributed by atoms with E-state index in [9.17, 15) is 8.78 Å². The third kappa shape index (κ3) is 3.79. The zero-order valence-corrected chi connectivity index (χ0v) is 13.3. The second-order valence-corrected chi connectivity index (χ2v) is 5.77. The zero-order valence-electron chi connectivity index (χ0n) is 11.1. The first-order chi connectivity index (χ1) is 9.92. The number of hydrogen-bond acceptors (Lipinski definition) is 1. The summed E-state index contributed by atoms with van der Waals surface area (Å²) in [4.78, 5) is 0. The molecule has 0 fully saturated rings. The lowest BCUT2D eigenvalue weighted by Crippen LogP contribution is -2.12. The first-order valence-electron chi connectivity index (χ1n) is 6.28.